The van der Waals surface area contributed by atoms with Gasteiger partial charge in [-0.2, -0.15) is 0 Å². The van der Waals surface area contributed by atoms with Crippen LogP contribution in [-0.4, -0.2) is 78.5 Å². The van der Waals surface area contributed by atoms with Gasteiger partial charge in [0.2, 0.25) is 5.91 Å². The van der Waals surface area contributed by atoms with Crippen LogP contribution in [0, 0.1) is 5.92 Å². The number of amides is 3. The zero-order valence-electron chi connectivity index (χ0n) is 20.9. The van der Waals surface area contributed by atoms with Gasteiger partial charge in [-0.1, -0.05) is 41.8 Å². The molecule has 3 amide bonds. The smallest absolute Gasteiger partial charge is 0.338 e. The Morgan fingerprint density at radius 1 is 1.08 bits per heavy atom. The molecule has 1 aliphatic carbocycles. The van der Waals surface area contributed by atoms with Crippen LogP contribution in [-0.2, 0) is 14.3 Å². The Kier molecular flexibility index (Phi) is 8.80. The van der Waals surface area contributed by atoms with E-state index in [4.69, 9.17) is 27.9 Å². The predicted molar refractivity (Wildman–Crippen MR) is 139 cm³/mol. The number of hydrogen-bond acceptors (Lipinski definition) is 5. The van der Waals surface area contributed by atoms with Crippen molar-refractivity contribution in [3.8, 4) is 0 Å². The summed E-state index contributed by atoms with van der Waals surface area (Å²) >= 11 is 12.8. The maximum absolute atomic E-state index is 13.3. The van der Waals surface area contributed by atoms with Gasteiger partial charge in [-0.05, 0) is 44.7 Å². The Balaban J connectivity index is 1.66. The second-order valence-corrected chi connectivity index (χ2v) is 10.2. The van der Waals surface area contributed by atoms with Crippen molar-refractivity contribution in [2.24, 2.45) is 5.92 Å². The van der Waals surface area contributed by atoms with Gasteiger partial charge < -0.3 is 15.0 Å². The standard InChI is InChI=1S/C26H34Cl2N4O4/c1-3-32-20(16-30-12-7-13-31(15-14-30)24(33)17-8-5-9-17)21(25(34)36-4-2)23(29-26(32)35)18-10-6-11-19(27)22(18)28/h6,10-11,17,23H,3-5,7-9,12-16H2,1-2H3,(H,29,35). The van der Waals surface area contributed by atoms with E-state index >= 15 is 0 Å². The molecular weight excluding hydrogens is 503 g/mol. The lowest BCUT2D eigenvalue weighted by atomic mass is 9.84. The third-order valence-electron chi connectivity index (χ3n) is 7.27. The average molecular weight is 537 g/mol. The molecule has 8 nitrogen and oxygen atoms in total. The molecule has 1 aromatic carbocycles. The molecule has 0 spiro atoms. The number of hydrogen-bond donors (Lipinski definition) is 1. The summed E-state index contributed by atoms with van der Waals surface area (Å²) in [6.07, 6.45) is 3.95. The van der Waals surface area contributed by atoms with Crippen LogP contribution in [0.15, 0.2) is 29.5 Å². The summed E-state index contributed by atoms with van der Waals surface area (Å²) in [6, 6.07) is 4.07. The SMILES string of the molecule is CCOC(=O)C1=C(CN2CCCN(C(=O)C3CCC3)CC2)N(CC)C(=O)NC1c1cccc(Cl)c1Cl. The molecule has 1 unspecified atom stereocenters. The Hall–Kier alpha value is -2.29. The summed E-state index contributed by atoms with van der Waals surface area (Å²) in [4.78, 5) is 45.1. The molecule has 1 aromatic rings. The van der Waals surface area contributed by atoms with Crippen LogP contribution < -0.4 is 5.32 Å². The Bertz CT molecular complexity index is 1040. The van der Waals surface area contributed by atoms with Gasteiger partial charge in [0.1, 0.15) is 0 Å². The van der Waals surface area contributed by atoms with E-state index in [2.05, 4.69) is 10.2 Å². The highest BCUT2D eigenvalue weighted by molar-refractivity contribution is 6.42. The number of likely N-dealkylation sites (N-methyl/N-ethyl adjacent to an activating group) is 1. The van der Waals surface area contributed by atoms with Gasteiger partial charge >= 0.3 is 12.0 Å². The number of carbonyl (C=O) groups excluding carboxylic acids is 3. The van der Waals surface area contributed by atoms with E-state index in [9.17, 15) is 14.4 Å². The summed E-state index contributed by atoms with van der Waals surface area (Å²) in [5, 5.41) is 3.56. The molecule has 4 rings (SSSR count). The van der Waals surface area contributed by atoms with E-state index in [-0.39, 0.29) is 29.5 Å². The first-order valence-corrected chi connectivity index (χ1v) is 13.5. The highest BCUT2D eigenvalue weighted by Crippen LogP contribution is 2.38. The maximum Gasteiger partial charge on any atom is 0.338 e. The molecule has 2 heterocycles. The zero-order valence-corrected chi connectivity index (χ0v) is 22.4. The van der Waals surface area contributed by atoms with Gasteiger partial charge in [0.25, 0.3) is 0 Å². The highest BCUT2D eigenvalue weighted by atomic mass is 35.5. The molecule has 3 aliphatic rings. The van der Waals surface area contributed by atoms with E-state index in [0.29, 0.717) is 48.0 Å². The van der Waals surface area contributed by atoms with Crippen molar-refractivity contribution in [3.63, 3.8) is 0 Å². The van der Waals surface area contributed by atoms with Crippen LogP contribution in [0.3, 0.4) is 0 Å². The molecule has 1 N–H and O–H groups in total. The average Bonchev–Trinajstić information content (AvgIpc) is 3.05. The lowest BCUT2D eigenvalue weighted by molar-refractivity contribution is -0.139. The third-order valence-corrected chi connectivity index (χ3v) is 8.10. The number of urea groups is 1. The van der Waals surface area contributed by atoms with Crippen LogP contribution >= 0.6 is 23.2 Å². The maximum atomic E-state index is 13.3. The number of ether oxygens (including phenoxy) is 1. The van der Waals surface area contributed by atoms with Crippen LogP contribution in [0.4, 0.5) is 4.79 Å². The number of nitrogens with zero attached hydrogens (tertiary/aromatic N) is 3. The van der Waals surface area contributed by atoms with Gasteiger partial charge in [-0.15, -0.1) is 0 Å². The Labute approximate surface area is 222 Å². The van der Waals surface area contributed by atoms with Gasteiger partial charge in [-0.3, -0.25) is 14.6 Å². The number of carbonyl (C=O) groups is 3. The van der Waals surface area contributed by atoms with Gasteiger partial charge in [-0.25, -0.2) is 9.59 Å². The van der Waals surface area contributed by atoms with Crippen molar-refractivity contribution in [2.75, 3.05) is 45.9 Å². The predicted octanol–water partition coefficient (Wildman–Crippen LogP) is 4.23. The van der Waals surface area contributed by atoms with Gasteiger partial charge in [0, 0.05) is 50.9 Å². The summed E-state index contributed by atoms with van der Waals surface area (Å²) in [6.45, 7) is 7.39. The first kappa shape index (κ1) is 26.8. The topological polar surface area (TPSA) is 82.2 Å². The van der Waals surface area contributed by atoms with E-state index in [0.717, 1.165) is 38.8 Å². The molecule has 1 saturated carbocycles. The first-order valence-electron chi connectivity index (χ1n) is 12.8. The molecule has 10 heteroatoms. The van der Waals surface area contributed by atoms with Crippen molar-refractivity contribution in [1.29, 1.82) is 0 Å². The van der Waals surface area contributed by atoms with E-state index in [1.54, 1.807) is 30.0 Å². The van der Waals surface area contributed by atoms with Crippen molar-refractivity contribution < 1.29 is 19.1 Å². The fraction of sp³-hybridized carbons (Fsp3) is 0.577. The summed E-state index contributed by atoms with van der Waals surface area (Å²) in [5.74, 6) is -0.0588. The number of benzene rings is 1. The van der Waals surface area contributed by atoms with E-state index in [1.807, 2.05) is 11.8 Å². The lowest BCUT2D eigenvalue weighted by Crippen LogP contribution is -2.51. The quantitative estimate of drug-likeness (QED) is 0.527. The molecule has 1 atom stereocenters. The molecule has 0 aromatic heterocycles. The van der Waals surface area contributed by atoms with E-state index < -0.39 is 12.0 Å². The molecule has 0 bridgehead atoms. The third kappa shape index (κ3) is 5.50. The summed E-state index contributed by atoms with van der Waals surface area (Å²) < 4.78 is 5.45. The molecular formula is C26H34Cl2N4O4. The fourth-order valence-corrected chi connectivity index (χ4v) is 5.53. The number of nitrogens with one attached hydrogen (secondary N) is 1. The number of rotatable bonds is 7. The monoisotopic (exact) mass is 536 g/mol. The van der Waals surface area contributed by atoms with Crippen molar-refractivity contribution in [3.05, 3.63) is 45.1 Å². The molecule has 36 heavy (non-hydrogen) atoms. The first-order chi connectivity index (χ1) is 17.3. The normalized spacial score (nSPS) is 21.7. The van der Waals surface area contributed by atoms with Crippen molar-refractivity contribution >= 4 is 41.1 Å². The minimum absolute atomic E-state index is 0.176. The fourth-order valence-electron chi connectivity index (χ4n) is 5.11. The number of esters is 1. The van der Waals surface area contributed by atoms with Gasteiger partial charge in [0.15, 0.2) is 0 Å². The minimum Gasteiger partial charge on any atom is -0.463 e. The molecule has 0 radical (unpaired) electrons. The lowest BCUT2D eigenvalue weighted by Gasteiger charge is -2.38. The second kappa shape index (κ2) is 11.8. The molecule has 2 fully saturated rings. The second-order valence-electron chi connectivity index (χ2n) is 9.43. The van der Waals surface area contributed by atoms with Gasteiger partial charge in [0.05, 0.1) is 28.3 Å². The zero-order chi connectivity index (χ0) is 25.8. The van der Waals surface area contributed by atoms with Crippen LogP contribution in [0.1, 0.15) is 51.1 Å². The Morgan fingerprint density at radius 2 is 1.86 bits per heavy atom. The number of halogens is 2. The Morgan fingerprint density at radius 3 is 2.53 bits per heavy atom. The molecule has 1 saturated heterocycles. The highest BCUT2D eigenvalue weighted by Gasteiger charge is 2.39. The molecule has 196 valence electrons. The summed E-state index contributed by atoms with van der Waals surface area (Å²) in [7, 11) is 0. The van der Waals surface area contributed by atoms with Crippen molar-refractivity contribution in [1.82, 2.24) is 20.0 Å². The van der Waals surface area contributed by atoms with E-state index in [1.165, 1.54) is 0 Å². The van der Waals surface area contributed by atoms with Crippen LogP contribution in [0.2, 0.25) is 10.0 Å². The van der Waals surface area contributed by atoms with Crippen molar-refractivity contribution in [2.45, 2.75) is 45.6 Å². The largest absolute Gasteiger partial charge is 0.463 e. The van der Waals surface area contributed by atoms with Crippen LogP contribution in [0.25, 0.3) is 0 Å². The molecule has 2 aliphatic heterocycles. The summed E-state index contributed by atoms with van der Waals surface area (Å²) in [5.41, 5.74) is 1.50. The van der Waals surface area contributed by atoms with Crippen LogP contribution in [0.5, 0.6) is 0 Å². The minimum atomic E-state index is -0.788.